The molecule has 2 aromatic rings. The van der Waals surface area contributed by atoms with Crippen LogP contribution in [-0.4, -0.2) is 56.8 Å². The normalized spacial score (nSPS) is 15.7. The molecule has 0 radical (unpaired) electrons. The number of amides is 1. The molecule has 1 saturated heterocycles. The summed E-state index contributed by atoms with van der Waals surface area (Å²) in [7, 11) is -2.50. The number of methoxy groups -OCH3 is 1. The number of hydrogen-bond donors (Lipinski definition) is 0. The van der Waals surface area contributed by atoms with E-state index in [2.05, 4.69) is 0 Å². The van der Waals surface area contributed by atoms with Gasteiger partial charge >= 0.3 is 6.18 Å². The Morgan fingerprint density at radius 2 is 1.68 bits per heavy atom. The Bertz CT molecular complexity index is 1020. The van der Waals surface area contributed by atoms with Gasteiger partial charge < -0.3 is 9.64 Å². The summed E-state index contributed by atoms with van der Waals surface area (Å²) in [6.45, 7) is 0.457. The van der Waals surface area contributed by atoms with Gasteiger partial charge in [0.1, 0.15) is 5.75 Å². The summed E-state index contributed by atoms with van der Waals surface area (Å²) in [6, 6.07) is 11.1. The number of halogens is 3. The predicted molar refractivity (Wildman–Crippen MR) is 108 cm³/mol. The minimum atomic E-state index is -4.62. The van der Waals surface area contributed by atoms with Crippen LogP contribution in [0.4, 0.5) is 13.2 Å². The van der Waals surface area contributed by atoms with E-state index in [1.54, 1.807) is 12.0 Å². The molecule has 1 fully saturated rings. The first-order valence-electron chi connectivity index (χ1n) is 9.69. The summed E-state index contributed by atoms with van der Waals surface area (Å²) in [6.07, 6.45) is -3.79. The van der Waals surface area contributed by atoms with Gasteiger partial charge in [-0.2, -0.15) is 17.5 Å². The van der Waals surface area contributed by atoms with Gasteiger partial charge in [-0.25, -0.2) is 8.42 Å². The van der Waals surface area contributed by atoms with Crippen LogP contribution in [0.15, 0.2) is 53.4 Å². The molecule has 0 unspecified atom stereocenters. The molecule has 1 amide bonds. The quantitative estimate of drug-likeness (QED) is 0.670. The summed E-state index contributed by atoms with van der Waals surface area (Å²) >= 11 is 0. The lowest BCUT2D eigenvalue weighted by molar-refractivity contribution is -0.137. The molecular formula is C21H23F3N2O4S. The first kappa shape index (κ1) is 23.1. The maximum atomic E-state index is 12.9. The van der Waals surface area contributed by atoms with Crippen molar-refractivity contribution in [1.29, 1.82) is 0 Å². The van der Waals surface area contributed by atoms with Crippen molar-refractivity contribution >= 4 is 15.9 Å². The van der Waals surface area contributed by atoms with Crippen molar-refractivity contribution in [3.8, 4) is 5.75 Å². The molecule has 0 spiro atoms. The summed E-state index contributed by atoms with van der Waals surface area (Å²) < 4.78 is 70.5. The Balaban J connectivity index is 1.57. The second kappa shape index (κ2) is 9.27. The third-order valence-corrected chi connectivity index (χ3v) is 7.07. The van der Waals surface area contributed by atoms with E-state index in [-0.39, 0.29) is 38.5 Å². The van der Waals surface area contributed by atoms with Crippen LogP contribution in [0.2, 0.25) is 0 Å². The topological polar surface area (TPSA) is 66.9 Å². The number of carbonyl (C=O) groups is 1. The number of nitrogens with zero attached hydrogens (tertiary/aromatic N) is 2. The van der Waals surface area contributed by atoms with Crippen molar-refractivity contribution in [3.05, 3.63) is 59.7 Å². The number of piperazine rings is 1. The largest absolute Gasteiger partial charge is 0.497 e. The molecule has 0 bridgehead atoms. The fourth-order valence-corrected chi connectivity index (χ4v) is 4.83. The number of ether oxygens (including phenoxy) is 1. The summed E-state index contributed by atoms with van der Waals surface area (Å²) in [5.41, 5.74) is -0.0270. The van der Waals surface area contributed by atoms with E-state index < -0.39 is 26.7 Å². The van der Waals surface area contributed by atoms with Gasteiger partial charge in [-0.15, -0.1) is 0 Å². The zero-order chi connectivity index (χ0) is 22.6. The Kier molecular flexibility index (Phi) is 6.90. The lowest BCUT2D eigenvalue weighted by Crippen LogP contribution is -2.50. The van der Waals surface area contributed by atoms with Gasteiger partial charge in [-0.1, -0.05) is 18.2 Å². The van der Waals surface area contributed by atoms with Gasteiger partial charge in [0, 0.05) is 32.6 Å². The lowest BCUT2D eigenvalue weighted by Gasteiger charge is -2.34. The monoisotopic (exact) mass is 456 g/mol. The molecular weight excluding hydrogens is 433 g/mol. The minimum Gasteiger partial charge on any atom is -0.497 e. The van der Waals surface area contributed by atoms with Crippen LogP contribution in [0.25, 0.3) is 0 Å². The molecule has 0 N–H and O–H groups in total. The SMILES string of the molecule is COc1ccc(CCC(=O)N2CCN(S(=O)(=O)c3cccc(C(F)(F)F)c3)CC2)cc1. The lowest BCUT2D eigenvalue weighted by atomic mass is 10.1. The zero-order valence-corrected chi connectivity index (χ0v) is 17.7. The van der Waals surface area contributed by atoms with E-state index in [0.717, 1.165) is 33.8 Å². The molecule has 1 aliphatic rings. The fraction of sp³-hybridized carbons (Fsp3) is 0.381. The van der Waals surface area contributed by atoms with Crippen LogP contribution in [-0.2, 0) is 27.4 Å². The first-order chi connectivity index (χ1) is 14.6. The Morgan fingerprint density at radius 1 is 1.03 bits per heavy atom. The van der Waals surface area contributed by atoms with E-state index in [9.17, 15) is 26.4 Å². The van der Waals surface area contributed by atoms with Crippen LogP contribution in [0.1, 0.15) is 17.5 Å². The fourth-order valence-electron chi connectivity index (χ4n) is 3.36. The number of carbonyl (C=O) groups excluding carboxylic acids is 1. The maximum Gasteiger partial charge on any atom is 0.416 e. The summed E-state index contributed by atoms with van der Waals surface area (Å²) in [5, 5.41) is 0. The molecule has 168 valence electrons. The van der Waals surface area contributed by atoms with E-state index in [4.69, 9.17) is 4.74 Å². The highest BCUT2D eigenvalue weighted by atomic mass is 32.2. The van der Waals surface area contributed by atoms with Crippen LogP contribution < -0.4 is 4.74 Å². The summed E-state index contributed by atoms with van der Waals surface area (Å²) in [4.78, 5) is 13.7. The highest BCUT2D eigenvalue weighted by molar-refractivity contribution is 7.89. The van der Waals surface area contributed by atoms with Gasteiger partial charge in [0.05, 0.1) is 17.6 Å². The van der Waals surface area contributed by atoms with Crippen molar-refractivity contribution in [1.82, 2.24) is 9.21 Å². The van der Waals surface area contributed by atoms with E-state index in [1.165, 1.54) is 0 Å². The summed E-state index contributed by atoms with van der Waals surface area (Å²) in [5.74, 6) is 0.639. The molecule has 0 saturated carbocycles. The molecule has 0 atom stereocenters. The number of benzene rings is 2. The number of aryl methyl sites for hydroxylation is 1. The van der Waals surface area contributed by atoms with Crippen molar-refractivity contribution in [2.75, 3.05) is 33.3 Å². The number of alkyl halides is 3. The van der Waals surface area contributed by atoms with Crippen LogP contribution in [0.3, 0.4) is 0 Å². The van der Waals surface area contributed by atoms with Crippen molar-refractivity contribution in [2.24, 2.45) is 0 Å². The van der Waals surface area contributed by atoms with Gasteiger partial charge in [-0.3, -0.25) is 4.79 Å². The molecule has 3 rings (SSSR count). The zero-order valence-electron chi connectivity index (χ0n) is 16.9. The average Bonchev–Trinajstić information content (AvgIpc) is 2.77. The van der Waals surface area contributed by atoms with Gasteiger partial charge in [0.2, 0.25) is 15.9 Å². The molecule has 6 nitrogen and oxygen atoms in total. The third-order valence-electron chi connectivity index (χ3n) is 5.18. The molecule has 0 aliphatic carbocycles. The predicted octanol–water partition coefficient (Wildman–Crippen LogP) is 3.18. The van der Waals surface area contributed by atoms with Crippen molar-refractivity contribution < 1.29 is 31.1 Å². The number of rotatable bonds is 6. The van der Waals surface area contributed by atoms with Gasteiger partial charge in [-0.05, 0) is 42.3 Å². The Labute approximate surface area is 179 Å². The van der Waals surface area contributed by atoms with Crippen LogP contribution >= 0.6 is 0 Å². The Morgan fingerprint density at radius 3 is 2.26 bits per heavy atom. The Hall–Kier alpha value is -2.59. The smallest absolute Gasteiger partial charge is 0.416 e. The standard InChI is InChI=1S/C21H23F3N2O4S/c1-30-18-8-5-16(6-9-18)7-10-20(27)25-11-13-26(14-12-25)31(28,29)19-4-2-3-17(15-19)21(22,23)24/h2-6,8-9,15H,7,10-14H2,1H3. The second-order valence-electron chi connectivity index (χ2n) is 7.16. The highest BCUT2D eigenvalue weighted by Crippen LogP contribution is 2.31. The molecule has 2 aromatic carbocycles. The van der Waals surface area contributed by atoms with Crippen molar-refractivity contribution in [3.63, 3.8) is 0 Å². The number of hydrogen-bond acceptors (Lipinski definition) is 4. The molecule has 1 heterocycles. The maximum absolute atomic E-state index is 12.9. The number of sulfonamides is 1. The van der Waals surface area contributed by atoms with Gasteiger partial charge in [0.15, 0.2) is 0 Å². The second-order valence-corrected chi connectivity index (χ2v) is 9.10. The molecule has 1 aliphatic heterocycles. The van der Waals surface area contributed by atoms with E-state index >= 15 is 0 Å². The molecule has 0 aromatic heterocycles. The first-order valence-corrected chi connectivity index (χ1v) is 11.1. The minimum absolute atomic E-state index is 0.0346. The third kappa shape index (κ3) is 5.56. The molecule has 31 heavy (non-hydrogen) atoms. The highest BCUT2D eigenvalue weighted by Gasteiger charge is 2.34. The van der Waals surface area contributed by atoms with Gasteiger partial charge in [0.25, 0.3) is 0 Å². The van der Waals surface area contributed by atoms with Crippen molar-refractivity contribution in [2.45, 2.75) is 23.9 Å². The molecule has 10 heteroatoms. The van der Waals surface area contributed by atoms with E-state index in [0.29, 0.717) is 12.5 Å². The van der Waals surface area contributed by atoms with E-state index in [1.807, 2.05) is 24.3 Å². The van der Waals surface area contributed by atoms with Crippen LogP contribution in [0, 0.1) is 0 Å². The van der Waals surface area contributed by atoms with Crippen LogP contribution in [0.5, 0.6) is 5.75 Å². The average molecular weight is 456 g/mol.